The van der Waals surface area contributed by atoms with Crippen molar-refractivity contribution < 1.29 is 9.26 Å². The van der Waals surface area contributed by atoms with Gasteiger partial charge in [-0.25, -0.2) is 9.97 Å². The molecule has 1 fully saturated rings. The number of rotatable bonds is 6. The van der Waals surface area contributed by atoms with E-state index in [1.54, 1.807) is 13.2 Å². The molecule has 7 heteroatoms. The Morgan fingerprint density at radius 1 is 1.42 bits per heavy atom. The first-order chi connectivity index (χ1) is 9.35. The van der Waals surface area contributed by atoms with Gasteiger partial charge in [-0.15, -0.1) is 0 Å². The largest absolute Gasteiger partial charge is 0.481 e. The minimum Gasteiger partial charge on any atom is -0.481 e. The molecule has 0 spiro atoms. The van der Waals surface area contributed by atoms with Gasteiger partial charge in [0, 0.05) is 6.07 Å². The SMILES string of the molecule is COc1cc(-c2noc(CNCC3CC3)n2)ncn1. The second-order valence-electron chi connectivity index (χ2n) is 4.53. The number of nitrogens with one attached hydrogen (secondary N) is 1. The Morgan fingerprint density at radius 2 is 2.32 bits per heavy atom. The highest BCUT2D eigenvalue weighted by molar-refractivity contribution is 5.48. The molecule has 19 heavy (non-hydrogen) atoms. The van der Waals surface area contributed by atoms with Crippen molar-refractivity contribution in [2.45, 2.75) is 19.4 Å². The first-order valence-electron chi connectivity index (χ1n) is 6.25. The van der Waals surface area contributed by atoms with Crippen LogP contribution in [-0.2, 0) is 6.54 Å². The predicted octanol–water partition coefficient (Wildman–Crippen LogP) is 1.03. The average Bonchev–Trinajstić information content (AvgIpc) is 3.15. The Labute approximate surface area is 110 Å². The number of methoxy groups -OCH3 is 1. The van der Waals surface area contributed by atoms with E-state index in [-0.39, 0.29) is 0 Å². The highest BCUT2D eigenvalue weighted by Crippen LogP contribution is 2.27. The first-order valence-corrected chi connectivity index (χ1v) is 6.25. The van der Waals surface area contributed by atoms with Crippen LogP contribution in [0.15, 0.2) is 16.9 Å². The third-order valence-electron chi connectivity index (χ3n) is 2.95. The molecule has 0 atom stereocenters. The molecule has 1 N–H and O–H groups in total. The molecule has 1 aliphatic carbocycles. The fourth-order valence-electron chi connectivity index (χ4n) is 1.71. The molecule has 7 nitrogen and oxygen atoms in total. The molecule has 2 aromatic heterocycles. The van der Waals surface area contributed by atoms with Crippen LogP contribution in [0.1, 0.15) is 18.7 Å². The van der Waals surface area contributed by atoms with Crippen molar-refractivity contribution in [3.8, 4) is 17.4 Å². The minimum atomic E-state index is 0.448. The fourth-order valence-corrected chi connectivity index (χ4v) is 1.71. The summed E-state index contributed by atoms with van der Waals surface area (Å²) in [6.45, 7) is 1.60. The van der Waals surface area contributed by atoms with E-state index in [9.17, 15) is 0 Å². The summed E-state index contributed by atoms with van der Waals surface area (Å²) in [5, 5.41) is 7.20. The quantitative estimate of drug-likeness (QED) is 0.831. The maximum absolute atomic E-state index is 5.17. The topological polar surface area (TPSA) is 86.0 Å². The van der Waals surface area contributed by atoms with Crippen LogP contribution in [0.3, 0.4) is 0 Å². The molecule has 3 rings (SSSR count). The van der Waals surface area contributed by atoms with Crippen molar-refractivity contribution in [3.63, 3.8) is 0 Å². The molecule has 0 amide bonds. The standard InChI is InChI=1S/C12H15N5O2/c1-18-10-4-9(14-7-15-10)12-16-11(19-17-12)6-13-5-8-2-3-8/h4,7-8,13H,2-3,5-6H2,1H3. The second-order valence-corrected chi connectivity index (χ2v) is 4.53. The lowest BCUT2D eigenvalue weighted by atomic mass is 10.4. The third-order valence-corrected chi connectivity index (χ3v) is 2.95. The lowest BCUT2D eigenvalue weighted by Crippen LogP contribution is -2.16. The van der Waals surface area contributed by atoms with E-state index in [0.717, 1.165) is 12.5 Å². The van der Waals surface area contributed by atoms with Crippen molar-refractivity contribution in [1.29, 1.82) is 0 Å². The van der Waals surface area contributed by atoms with Gasteiger partial charge in [0.15, 0.2) is 0 Å². The van der Waals surface area contributed by atoms with Crippen LogP contribution in [0.2, 0.25) is 0 Å². The summed E-state index contributed by atoms with van der Waals surface area (Å²) in [5.74, 6) is 2.31. The van der Waals surface area contributed by atoms with Gasteiger partial charge in [-0.1, -0.05) is 5.16 Å². The summed E-state index contributed by atoms with van der Waals surface area (Å²) in [5.41, 5.74) is 0.587. The van der Waals surface area contributed by atoms with Crippen LogP contribution in [0, 0.1) is 5.92 Å². The summed E-state index contributed by atoms with van der Waals surface area (Å²) in [4.78, 5) is 12.3. The van der Waals surface area contributed by atoms with Crippen LogP contribution in [0.5, 0.6) is 5.88 Å². The molecular weight excluding hydrogens is 246 g/mol. The number of nitrogens with zero attached hydrogens (tertiary/aromatic N) is 4. The molecule has 0 bridgehead atoms. The van der Waals surface area contributed by atoms with Crippen LogP contribution in [-0.4, -0.2) is 33.8 Å². The molecule has 2 aromatic rings. The Morgan fingerprint density at radius 3 is 3.11 bits per heavy atom. The van der Waals surface area contributed by atoms with E-state index in [1.807, 2.05) is 0 Å². The van der Waals surface area contributed by atoms with Gasteiger partial charge in [0.25, 0.3) is 0 Å². The van der Waals surface area contributed by atoms with Gasteiger partial charge < -0.3 is 14.6 Å². The summed E-state index contributed by atoms with van der Waals surface area (Å²) in [7, 11) is 1.55. The summed E-state index contributed by atoms with van der Waals surface area (Å²) in [6, 6.07) is 1.67. The second kappa shape index (κ2) is 5.31. The molecule has 0 aromatic carbocycles. The smallest absolute Gasteiger partial charge is 0.240 e. The summed E-state index contributed by atoms with van der Waals surface area (Å²) in [6.07, 6.45) is 4.06. The minimum absolute atomic E-state index is 0.448. The third kappa shape index (κ3) is 3.05. The van der Waals surface area contributed by atoms with Crippen LogP contribution in [0.4, 0.5) is 0 Å². The predicted molar refractivity (Wildman–Crippen MR) is 66.3 cm³/mol. The van der Waals surface area contributed by atoms with E-state index in [0.29, 0.717) is 29.8 Å². The zero-order valence-electron chi connectivity index (χ0n) is 10.7. The number of ether oxygens (including phenoxy) is 1. The summed E-state index contributed by atoms with van der Waals surface area (Å²) < 4.78 is 10.2. The van der Waals surface area contributed by atoms with E-state index in [4.69, 9.17) is 9.26 Å². The van der Waals surface area contributed by atoms with Gasteiger partial charge in [0.2, 0.25) is 17.6 Å². The average molecular weight is 261 g/mol. The van der Waals surface area contributed by atoms with Gasteiger partial charge in [-0.2, -0.15) is 4.98 Å². The zero-order valence-corrected chi connectivity index (χ0v) is 10.7. The molecule has 1 aliphatic rings. The van der Waals surface area contributed by atoms with Crippen LogP contribution >= 0.6 is 0 Å². The van der Waals surface area contributed by atoms with Crippen molar-refractivity contribution in [1.82, 2.24) is 25.4 Å². The molecule has 0 aliphatic heterocycles. The summed E-state index contributed by atoms with van der Waals surface area (Å²) >= 11 is 0. The van der Waals surface area contributed by atoms with Crippen molar-refractivity contribution in [2.75, 3.05) is 13.7 Å². The van der Waals surface area contributed by atoms with Crippen LogP contribution < -0.4 is 10.1 Å². The Kier molecular flexibility index (Phi) is 3.37. The monoisotopic (exact) mass is 261 g/mol. The molecule has 2 heterocycles. The van der Waals surface area contributed by atoms with Crippen molar-refractivity contribution >= 4 is 0 Å². The number of aromatic nitrogens is 4. The maximum atomic E-state index is 5.17. The van der Waals surface area contributed by atoms with Crippen molar-refractivity contribution in [3.05, 3.63) is 18.3 Å². The molecule has 0 saturated heterocycles. The van der Waals surface area contributed by atoms with Gasteiger partial charge in [-0.3, -0.25) is 0 Å². The molecule has 100 valence electrons. The van der Waals surface area contributed by atoms with Crippen molar-refractivity contribution in [2.24, 2.45) is 5.92 Å². The van der Waals surface area contributed by atoms with Crippen LogP contribution in [0.25, 0.3) is 11.5 Å². The van der Waals surface area contributed by atoms with Gasteiger partial charge in [0.1, 0.15) is 12.0 Å². The molecule has 0 unspecified atom stereocenters. The molecule has 0 radical (unpaired) electrons. The van der Waals surface area contributed by atoms with Gasteiger partial charge >= 0.3 is 0 Å². The fraction of sp³-hybridized carbons (Fsp3) is 0.500. The highest BCUT2D eigenvalue weighted by Gasteiger charge is 2.20. The highest BCUT2D eigenvalue weighted by atomic mass is 16.5. The molecule has 1 saturated carbocycles. The Bertz CT molecular complexity index is 553. The van der Waals surface area contributed by atoms with E-state index < -0.39 is 0 Å². The first kappa shape index (κ1) is 12.0. The molecular formula is C12H15N5O2. The van der Waals surface area contributed by atoms with E-state index in [1.165, 1.54) is 19.2 Å². The van der Waals surface area contributed by atoms with Gasteiger partial charge in [-0.05, 0) is 25.3 Å². The Balaban J connectivity index is 1.65. The van der Waals surface area contributed by atoms with E-state index in [2.05, 4.69) is 25.4 Å². The number of hydrogen-bond donors (Lipinski definition) is 1. The van der Waals surface area contributed by atoms with E-state index >= 15 is 0 Å². The Hall–Kier alpha value is -2.02. The maximum Gasteiger partial charge on any atom is 0.240 e. The number of hydrogen-bond acceptors (Lipinski definition) is 7. The lowest BCUT2D eigenvalue weighted by Gasteiger charge is -1.98. The lowest BCUT2D eigenvalue weighted by molar-refractivity contribution is 0.366. The normalized spacial score (nSPS) is 14.6. The zero-order chi connectivity index (χ0) is 13.1. The van der Waals surface area contributed by atoms with Gasteiger partial charge in [0.05, 0.1) is 13.7 Å².